The van der Waals surface area contributed by atoms with Gasteiger partial charge in [0.2, 0.25) is 0 Å². The molecule has 0 radical (unpaired) electrons. The zero-order valence-corrected chi connectivity index (χ0v) is 23.0. The molecule has 0 saturated heterocycles. The highest BCUT2D eigenvalue weighted by Gasteiger charge is 2.27. The third-order valence-corrected chi connectivity index (χ3v) is 7.50. The van der Waals surface area contributed by atoms with Crippen LogP contribution in [0.4, 0.5) is 5.82 Å². The molecule has 1 aliphatic rings. The van der Waals surface area contributed by atoms with Crippen molar-refractivity contribution in [1.29, 1.82) is 0 Å². The van der Waals surface area contributed by atoms with Gasteiger partial charge in [-0.15, -0.1) is 0 Å². The minimum atomic E-state index is -0.161. The predicted octanol–water partition coefficient (Wildman–Crippen LogP) is 5.25. The van der Waals surface area contributed by atoms with E-state index in [1.807, 2.05) is 37.3 Å². The molecule has 0 aliphatic carbocycles. The summed E-state index contributed by atoms with van der Waals surface area (Å²) in [5.41, 5.74) is 7.66. The van der Waals surface area contributed by atoms with Gasteiger partial charge in [-0.3, -0.25) is 4.79 Å². The molecule has 40 heavy (non-hydrogen) atoms. The lowest BCUT2D eigenvalue weighted by atomic mass is 10.0. The van der Waals surface area contributed by atoms with E-state index in [-0.39, 0.29) is 5.56 Å². The van der Waals surface area contributed by atoms with E-state index in [9.17, 15) is 4.79 Å². The summed E-state index contributed by atoms with van der Waals surface area (Å²) >= 11 is 0. The maximum absolute atomic E-state index is 12.9. The molecule has 0 bridgehead atoms. The van der Waals surface area contributed by atoms with Crippen molar-refractivity contribution in [3.05, 3.63) is 118 Å². The summed E-state index contributed by atoms with van der Waals surface area (Å²) in [5.74, 6) is 1.34. The second-order valence-corrected chi connectivity index (χ2v) is 10.6. The lowest BCUT2D eigenvalue weighted by Crippen LogP contribution is -2.36. The molecule has 7 heteroatoms. The molecule has 1 aliphatic heterocycles. The number of nitrogens with zero attached hydrogens (tertiary/aromatic N) is 4. The van der Waals surface area contributed by atoms with Gasteiger partial charge in [0.1, 0.15) is 11.5 Å². The van der Waals surface area contributed by atoms with Crippen molar-refractivity contribution >= 4 is 5.82 Å². The molecular formula is C33H34N6O. The molecule has 7 nitrogen and oxygen atoms in total. The first-order chi connectivity index (χ1) is 19.6. The van der Waals surface area contributed by atoms with E-state index in [1.165, 1.54) is 15.8 Å². The van der Waals surface area contributed by atoms with Gasteiger partial charge in [0.15, 0.2) is 0 Å². The lowest BCUT2D eigenvalue weighted by molar-refractivity contribution is 0.393. The van der Waals surface area contributed by atoms with Crippen molar-refractivity contribution in [2.45, 2.75) is 26.8 Å². The van der Waals surface area contributed by atoms with Crippen LogP contribution in [0.25, 0.3) is 28.2 Å². The topological polar surface area (TPSA) is 76.8 Å². The van der Waals surface area contributed by atoms with E-state index < -0.39 is 0 Å². The molecule has 1 atom stereocenters. The average Bonchev–Trinajstić information content (AvgIpc) is 3.36. The van der Waals surface area contributed by atoms with Gasteiger partial charge in [-0.05, 0) is 56.1 Å². The number of fused-ring (bicyclic) bond motifs is 1. The highest BCUT2D eigenvalue weighted by Crippen LogP contribution is 2.38. The van der Waals surface area contributed by atoms with Crippen molar-refractivity contribution in [3.8, 4) is 28.2 Å². The Labute approximate surface area is 234 Å². The van der Waals surface area contributed by atoms with Crippen molar-refractivity contribution in [1.82, 2.24) is 24.9 Å². The Balaban J connectivity index is 1.32. The number of rotatable bonds is 8. The van der Waals surface area contributed by atoms with Crippen LogP contribution in [0.15, 0.2) is 95.8 Å². The van der Waals surface area contributed by atoms with Crippen molar-refractivity contribution in [2.75, 3.05) is 25.0 Å². The maximum atomic E-state index is 12.9. The second kappa shape index (κ2) is 11.3. The van der Waals surface area contributed by atoms with E-state index in [0.29, 0.717) is 11.6 Å². The maximum Gasteiger partial charge on any atom is 0.271 e. The summed E-state index contributed by atoms with van der Waals surface area (Å²) < 4.78 is 3.57. The van der Waals surface area contributed by atoms with Crippen LogP contribution in [0.5, 0.6) is 0 Å². The first kappa shape index (κ1) is 25.8. The summed E-state index contributed by atoms with van der Waals surface area (Å²) in [6.45, 7) is 7.57. The molecule has 202 valence electrons. The lowest BCUT2D eigenvalue weighted by Gasteiger charge is -2.26. The molecule has 0 saturated carbocycles. The fraction of sp³-hybridized carbons (Fsp3) is 0.242. The Hall–Kier alpha value is -4.49. The number of aryl methyl sites for hydroxylation is 2. The van der Waals surface area contributed by atoms with Gasteiger partial charge in [0, 0.05) is 37.2 Å². The minimum Gasteiger partial charge on any atom is -0.369 e. The van der Waals surface area contributed by atoms with Gasteiger partial charge < -0.3 is 10.6 Å². The van der Waals surface area contributed by atoms with Gasteiger partial charge in [0.25, 0.3) is 5.56 Å². The molecule has 1 unspecified atom stereocenters. The molecule has 6 rings (SSSR count). The molecule has 2 aromatic heterocycles. The standard InChI is InChI=1S/C33H34N6O/c1-23-9-8-13-27(19-23)32-31(28-15-16-30(40)39(36-28)29-14-7-6-10-24(29)2)33-35-21-26(22-38(33)37-32)20-34-18-17-25-11-4-3-5-12-25/h3-16,19,26,34-35H,17-18,20-22H2,1-2H3. The van der Waals surface area contributed by atoms with Gasteiger partial charge in [-0.25, -0.2) is 4.68 Å². The number of para-hydroxylation sites is 1. The van der Waals surface area contributed by atoms with Crippen LogP contribution in [0.2, 0.25) is 0 Å². The summed E-state index contributed by atoms with van der Waals surface area (Å²) in [5, 5.41) is 17.3. The van der Waals surface area contributed by atoms with E-state index in [2.05, 4.69) is 76.8 Å². The summed E-state index contributed by atoms with van der Waals surface area (Å²) in [6, 6.07) is 30.2. The van der Waals surface area contributed by atoms with Crippen molar-refractivity contribution in [2.24, 2.45) is 5.92 Å². The van der Waals surface area contributed by atoms with Gasteiger partial charge >= 0.3 is 0 Å². The largest absolute Gasteiger partial charge is 0.369 e. The van der Waals surface area contributed by atoms with E-state index in [4.69, 9.17) is 10.2 Å². The zero-order valence-electron chi connectivity index (χ0n) is 23.0. The van der Waals surface area contributed by atoms with Crippen LogP contribution in [-0.4, -0.2) is 39.2 Å². The molecular weight excluding hydrogens is 496 g/mol. The molecule has 0 amide bonds. The SMILES string of the molecule is Cc1cccc(-c2nn3c(c2-c2ccc(=O)n(-c4ccccc4C)n2)NCC(CNCCc2ccccc2)C3)c1. The predicted molar refractivity (Wildman–Crippen MR) is 161 cm³/mol. The molecule has 0 fully saturated rings. The van der Waals surface area contributed by atoms with Gasteiger partial charge in [-0.1, -0.05) is 72.3 Å². The van der Waals surface area contributed by atoms with Crippen LogP contribution < -0.4 is 16.2 Å². The van der Waals surface area contributed by atoms with Crippen LogP contribution in [0, 0.1) is 19.8 Å². The Morgan fingerprint density at radius 1 is 0.925 bits per heavy atom. The van der Waals surface area contributed by atoms with Crippen LogP contribution in [-0.2, 0) is 13.0 Å². The van der Waals surface area contributed by atoms with Crippen LogP contribution in [0.3, 0.4) is 0 Å². The van der Waals surface area contributed by atoms with E-state index >= 15 is 0 Å². The fourth-order valence-corrected chi connectivity index (χ4v) is 5.40. The highest BCUT2D eigenvalue weighted by atomic mass is 16.1. The number of hydrogen-bond donors (Lipinski definition) is 2. The minimum absolute atomic E-state index is 0.161. The Bertz CT molecular complexity index is 1690. The molecule has 2 N–H and O–H groups in total. The van der Waals surface area contributed by atoms with Gasteiger partial charge in [0.05, 0.1) is 16.9 Å². The first-order valence-electron chi connectivity index (χ1n) is 13.9. The first-order valence-corrected chi connectivity index (χ1v) is 13.9. The summed E-state index contributed by atoms with van der Waals surface area (Å²) in [7, 11) is 0. The molecule has 0 spiro atoms. The average molecular weight is 531 g/mol. The molecule has 5 aromatic rings. The molecule has 3 heterocycles. The second-order valence-electron chi connectivity index (χ2n) is 10.6. The number of nitrogens with one attached hydrogen (secondary N) is 2. The number of benzene rings is 3. The summed E-state index contributed by atoms with van der Waals surface area (Å²) in [4.78, 5) is 12.9. The normalized spacial score (nSPS) is 14.5. The Morgan fingerprint density at radius 3 is 2.58 bits per heavy atom. The van der Waals surface area contributed by atoms with E-state index in [0.717, 1.165) is 66.5 Å². The number of aromatic nitrogens is 4. The third kappa shape index (κ3) is 5.33. The molecule has 3 aromatic carbocycles. The van der Waals surface area contributed by atoms with Crippen LogP contribution >= 0.6 is 0 Å². The fourth-order valence-electron chi connectivity index (χ4n) is 5.40. The highest BCUT2D eigenvalue weighted by molar-refractivity contribution is 5.87. The number of anilines is 1. The number of hydrogen-bond acceptors (Lipinski definition) is 5. The zero-order chi connectivity index (χ0) is 27.5. The van der Waals surface area contributed by atoms with Gasteiger partial charge in [-0.2, -0.15) is 14.9 Å². The van der Waals surface area contributed by atoms with Crippen LogP contribution in [0.1, 0.15) is 16.7 Å². The Kier molecular flexibility index (Phi) is 7.29. The monoisotopic (exact) mass is 530 g/mol. The quantitative estimate of drug-likeness (QED) is 0.268. The summed E-state index contributed by atoms with van der Waals surface area (Å²) in [6.07, 6.45) is 1.01. The smallest absolute Gasteiger partial charge is 0.271 e. The van der Waals surface area contributed by atoms with E-state index in [1.54, 1.807) is 6.07 Å². The van der Waals surface area contributed by atoms with Crippen molar-refractivity contribution in [3.63, 3.8) is 0 Å². The van der Waals surface area contributed by atoms with Crippen molar-refractivity contribution < 1.29 is 0 Å². The Morgan fingerprint density at radius 2 is 1.75 bits per heavy atom. The third-order valence-electron chi connectivity index (χ3n) is 7.50.